The number of amides is 1. The fourth-order valence-corrected chi connectivity index (χ4v) is 4.00. The molecule has 6 heteroatoms. The van der Waals surface area contributed by atoms with Crippen molar-refractivity contribution < 1.29 is 9.53 Å². The molecule has 0 bridgehead atoms. The van der Waals surface area contributed by atoms with Crippen LogP contribution in [0.15, 0.2) is 51.4 Å². The molecule has 4 nitrogen and oxygen atoms in total. The molecule has 27 heavy (non-hydrogen) atoms. The van der Waals surface area contributed by atoms with Crippen molar-refractivity contribution in [1.29, 1.82) is 0 Å². The van der Waals surface area contributed by atoms with Crippen molar-refractivity contribution in [1.82, 2.24) is 10.2 Å². The molecule has 1 aliphatic heterocycles. The van der Waals surface area contributed by atoms with Crippen LogP contribution in [-0.4, -0.2) is 50.2 Å². The summed E-state index contributed by atoms with van der Waals surface area (Å²) < 4.78 is 7.40. The van der Waals surface area contributed by atoms with Gasteiger partial charge in [0.05, 0.1) is 13.2 Å². The number of carbonyl (C=O) groups is 1. The number of morpholine rings is 1. The first kappa shape index (κ1) is 20.3. The summed E-state index contributed by atoms with van der Waals surface area (Å²) in [7, 11) is 0. The van der Waals surface area contributed by atoms with E-state index in [2.05, 4.69) is 42.1 Å². The number of halogens is 2. The molecule has 0 spiro atoms. The molecule has 1 aliphatic rings. The van der Waals surface area contributed by atoms with Crippen LogP contribution in [0.5, 0.6) is 0 Å². The molecule has 1 N–H and O–H groups in total. The lowest BCUT2D eigenvalue weighted by molar-refractivity contribution is 0.0383. The predicted molar refractivity (Wildman–Crippen MR) is 117 cm³/mol. The Kier molecular flexibility index (Phi) is 7.64. The second-order valence-corrected chi connectivity index (χ2v) is 8.10. The van der Waals surface area contributed by atoms with E-state index in [1.807, 2.05) is 54.6 Å². The summed E-state index contributed by atoms with van der Waals surface area (Å²) in [4.78, 5) is 14.6. The minimum absolute atomic E-state index is 0.0329. The van der Waals surface area contributed by atoms with Crippen molar-refractivity contribution in [3.8, 4) is 0 Å². The molecular formula is C21H22Br2N2O2. The van der Waals surface area contributed by atoms with Gasteiger partial charge in [-0.15, -0.1) is 0 Å². The van der Waals surface area contributed by atoms with Crippen molar-refractivity contribution in [2.45, 2.75) is 0 Å². The van der Waals surface area contributed by atoms with Crippen LogP contribution in [0.1, 0.15) is 21.5 Å². The van der Waals surface area contributed by atoms with Crippen molar-refractivity contribution in [3.63, 3.8) is 0 Å². The lowest BCUT2D eigenvalue weighted by Gasteiger charge is -2.26. The van der Waals surface area contributed by atoms with E-state index in [-0.39, 0.29) is 5.91 Å². The van der Waals surface area contributed by atoms with Crippen LogP contribution in [0.25, 0.3) is 12.2 Å². The van der Waals surface area contributed by atoms with E-state index < -0.39 is 0 Å². The molecule has 1 amide bonds. The number of nitrogens with one attached hydrogen (secondary N) is 1. The summed E-state index contributed by atoms with van der Waals surface area (Å²) in [6, 6.07) is 13.7. The lowest BCUT2D eigenvalue weighted by Crippen LogP contribution is -2.41. The fraction of sp³-hybridized carbons (Fsp3) is 0.286. The van der Waals surface area contributed by atoms with Gasteiger partial charge in [0.2, 0.25) is 0 Å². The Labute approximate surface area is 176 Å². The van der Waals surface area contributed by atoms with E-state index in [1.165, 1.54) is 0 Å². The normalized spacial score (nSPS) is 15.2. The van der Waals surface area contributed by atoms with Crippen LogP contribution in [0, 0.1) is 0 Å². The number of hydrogen-bond acceptors (Lipinski definition) is 3. The molecule has 1 fully saturated rings. The third-order valence-corrected chi connectivity index (χ3v) is 5.59. The average Bonchev–Trinajstić information content (AvgIpc) is 2.68. The largest absolute Gasteiger partial charge is 0.379 e. The molecule has 2 aromatic carbocycles. The van der Waals surface area contributed by atoms with E-state index in [0.29, 0.717) is 12.1 Å². The van der Waals surface area contributed by atoms with Crippen molar-refractivity contribution >= 4 is 49.9 Å². The molecule has 0 unspecified atom stereocenters. The number of rotatable bonds is 6. The SMILES string of the molecule is O=C(NCCN1CCOCC1)c1ccc(/C=C/c2ccc(Br)cc2Br)cc1. The monoisotopic (exact) mass is 492 g/mol. The Morgan fingerprint density at radius 2 is 1.81 bits per heavy atom. The average molecular weight is 494 g/mol. The third-order valence-electron chi connectivity index (χ3n) is 4.41. The number of hydrogen-bond donors (Lipinski definition) is 1. The first-order chi connectivity index (χ1) is 13.1. The van der Waals surface area contributed by atoms with Crippen LogP contribution in [0.2, 0.25) is 0 Å². The van der Waals surface area contributed by atoms with Crippen LogP contribution in [0.4, 0.5) is 0 Å². The number of ether oxygens (including phenoxy) is 1. The fourth-order valence-electron chi connectivity index (χ4n) is 2.82. The summed E-state index contributed by atoms with van der Waals surface area (Å²) in [5.41, 5.74) is 2.83. The Hall–Kier alpha value is -1.47. The van der Waals surface area contributed by atoms with Crippen molar-refractivity contribution in [3.05, 3.63) is 68.1 Å². The second-order valence-electron chi connectivity index (χ2n) is 6.33. The molecule has 1 heterocycles. The van der Waals surface area contributed by atoms with Gasteiger partial charge in [-0.1, -0.05) is 62.2 Å². The van der Waals surface area contributed by atoms with Gasteiger partial charge < -0.3 is 10.1 Å². The maximum Gasteiger partial charge on any atom is 0.251 e. The zero-order valence-corrected chi connectivity index (χ0v) is 18.1. The van der Waals surface area contributed by atoms with Crippen LogP contribution in [0.3, 0.4) is 0 Å². The molecular weight excluding hydrogens is 472 g/mol. The van der Waals surface area contributed by atoms with E-state index in [9.17, 15) is 4.79 Å². The van der Waals surface area contributed by atoms with E-state index in [4.69, 9.17) is 4.74 Å². The molecule has 0 aromatic heterocycles. The van der Waals surface area contributed by atoms with E-state index in [0.717, 1.165) is 52.9 Å². The summed E-state index contributed by atoms with van der Waals surface area (Å²) in [6.07, 6.45) is 4.09. The summed E-state index contributed by atoms with van der Waals surface area (Å²) >= 11 is 7.01. The maximum absolute atomic E-state index is 12.3. The maximum atomic E-state index is 12.3. The molecule has 1 saturated heterocycles. The van der Waals surface area contributed by atoms with Gasteiger partial charge in [-0.25, -0.2) is 0 Å². The van der Waals surface area contributed by atoms with Gasteiger partial charge in [0.1, 0.15) is 0 Å². The van der Waals surface area contributed by atoms with Crippen LogP contribution < -0.4 is 5.32 Å². The highest BCUT2D eigenvalue weighted by molar-refractivity contribution is 9.11. The number of carbonyl (C=O) groups excluding carboxylic acids is 1. The molecule has 0 saturated carbocycles. The topological polar surface area (TPSA) is 41.6 Å². The standard InChI is InChI=1S/C21H22Br2N2O2/c22-19-8-7-17(20(23)15-19)4-1-16-2-5-18(6-3-16)21(26)24-9-10-25-11-13-27-14-12-25/h1-8,15H,9-14H2,(H,24,26)/b4-1+. The quantitative estimate of drug-likeness (QED) is 0.604. The number of nitrogens with zero attached hydrogens (tertiary/aromatic N) is 1. The Balaban J connectivity index is 1.51. The smallest absolute Gasteiger partial charge is 0.251 e. The van der Waals surface area contributed by atoms with Crippen molar-refractivity contribution in [2.24, 2.45) is 0 Å². The molecule has 0 aliphatic carbocycles. The molecule has 0 radical (unpaired) electrons. The van der Waals surface area contributed by atoms with Gasteiger partial charge in [0, 0.05) is 40.7 Å². The summed E-state index contributed by atoms with van der Waals surface area (Å²) in [6.45, 7) is 4.94. The highest BCUT2D eigenvalue weighted by Gasteiger charge is 2.10. The minimum atomic E-state index is -0.0329. The molecule has 2 aromatic rings. The summed E-state index contributed by atoms with van der Waals surface area (Å²) in [5.74, 6) is -0.0329. The van der Waals surface area contributed by atoms with E-state index in [1.54, 1.807) is 0 Å². The number of benzene rings is 2. The minimum Gasteiger partial charge on any atom is -0.379 e. The molecule has 0 atom stereocenters. The summed E-state index contributed by atoms with van der Waals surface area (Å²) in [5, 5.41) is 2.99. The van der Waals surface area contributed by atoms with E-state index >= 15 is 0 Å². The highest BCUT2D eigenvalue weighted by atomic mass is 79.9. The molecule has 142 valence electrons. The first-order valence-corrected chi connectivity index (χ1v) is 10.5. The molecule has 3 rings (SSSR count). The van der Waals surface area contributed by atoms with Crippen LogP contribution in [-0.2, 0) is 4.74 Å². The van der Waals surface area contributed by atoms with Gasteiger partial charge in [0.15, 0.2) is 0 Å². The van der Waals surface area contributed by atoms with Gasteiger partial charge in [-0.3, -0.25) is 9.69 Å². The van der Waals surface area contributed by atoms with Gasteiger partial charge in [-0.05, 0) is 35.4 Å². The Morgan fingerprint density at radius 1 is 1.07 bits per heavy atom. The Bertz CT molecular complexity index is 800. The third kappa shape index (κ3) is 6.28. The van der Waals surface area contributed by atoms with Crippen molar-refractivity contribution in [2.75, 3.05) is 39.4 Å². The highest BCUT2D eigenvalue weighted by Crippen LogP contribution is 2.23. The first-order valence-electron chi connectivity index (χ1n) is 8.93. The van der Waals surface area contributed by atoms with Gasteiger partial charge in [0.25, 0.3) is 5.91 Å². The zero-order valence-electron chi connectivity index (χ0n) is 15.0. The Morgan fingerprint density at radius 3 is 2.52 bits per heavy atom. The van der Waals surface area contributed by atoms with Gasteiger partial charge >= 0.3 is 0 Å². The van der Waals surface area contributed by atoms with Gasteiger partial charge in [-0.2, -0.15) is 0 Å². The predicted octanol–water partition coefficient (Wildman–Crippen LogP) is 4.44. The van der Waals surface area contributed by atoms with Crippen LogP contribution >= 0.6 is 31.9 Å². The zero-order chi connectivity index (χ0) is 19.1. The second kappa shape index (κ2) is 10.2. The lowest BCUT2D eigenvalue weighted by atomic mass is 10.1.